The van der Waals surface area contributed by atoms with E-state index in [1.54, 1.807) is 36.3 Å². The number of pyridine rings is 1. The van der Waals surface area contributed by atoms with Crippen molar-refractivity contribution in [2.75, 3.05) is 0 Å². The minimum atomic E-state index is -3.54. The second-order valence-corrected chi connectivity index (χ2v) is 6.38. The number of rotatable bonds is 5. The molecular formula is C13H18N4O2S. The summed E-state index contributed by atoms with van der Waals surface area (Å²) in [6.07, 6.45) is 4.90. The Morgan fingerprint density at radius 3 is 2.80 bits per heavy atom. The maximum atomic E-state index is 12.2. The van der Waals surface area contributed by atoms with Crippen LogP contribution in [-0.2, 0) is 30.2 Å². The average Bonchev–Trinajstić information content (AvgIpc) is 2.80. The third kappa shape index (κ3) is 3.06. The van der Waals surface area contributed by atoms with Crippen molar-refractivity contribution in [1.82, 2.24) is 14.3 Å². The number of aromatic nitrogens is 2. The number of aryl methyl sites for hydroxylation is 2. The van der Waals surface area contributed by atoms with Crippen LogP contribution in [0, 0.1) is 6.92 Å². The zero-order valence-corrected chi connectivity index (χ0v) is 12.3. The molecule has 108 valence electrons. The van der Waals surface area contributed by atoms with Gasteiger partial charge in [-0.15, -0.1) is 0 Å². The number of hydrogen-bond acceptors (Lipinski definition) is 4. The van der Waals surface area contributed by atoms with Crippen LogP contribution in [0.3, 0.4) is 0 Å². The lowest BCUT2D eigenvalue weighted by atomic mass is 10.2. The van der Waals surface area contributed by atoms with Crippen molar-refractivity contribution >= 4 is 10.0 Å². The number of hydrogen-bond donors (Lipinski definition) is 2. The fourth-order valence-electron chi connectivity index (χ4n) is 1.86. The van der Waals surface area contributed by atoms with Crippen molar-refractivity contribution in [2.24, 2.45) is 12.8 Å². The lowest BCUT2D eigenvalue weighted by Crippen LogP contribution is -2.23. The Morgan fingerprint density at radius 1 is 1.45 bits per heavy atom. The molecule has 2 aromatic heterocycles. The van der Waals surface area contributed by atoms with Gasteiger partial charge in [0.15, 0.2) is 0 Å². The largest absolute Gasteiger partial charge is 0.352 e. The smallest absolute Gasteiger partial charge is 0.242 e. The maximum Gasteiger partial charge on any atom is 0.242 e. The fourth-order valence-corrected chi connectivity index (χ4v) is 2.97. The summed E-state index contributed by atoms with van der Waals surface area (Å²) in [7, 11) is -1.77. The van der Waals surface area contributed by atoms with Gasteiger partial charge in [-0.2, -0.15) is 0 Å². The van der Waals surface area contributed by atoms with Gasteiger partial charge in [0.25, 0.3) is 0 Å². The van der Waals surface area contributed by atoms with Crippen LogP contribution in [0.1, 0.15) is 16.8 Å². The molecule has 0 aliphatic carbocycles. The van der Waals surface area contributed by atoms with E-state index in [-0.39, 0.29) is 11.4 Å². The molecule has 0 unspecified atom stereocenters. The first-order valence-electron chi connectivity index (χ1n) is 6.18. The summed E-state index contributed by atoms with van der Waals surface area (Å²) in [6.45, 7) is 2.43. The van der Waals surface area contributed by atoms with E-state index >= 15 is 0 Å². The van der Waals surface area contributed by atoms with E-state index in [1.807, 2.05) is 13.0 Å². The van der Waals surface area contributed by atoms with Gasteiger partial charge in [0, 0.05) is 44.4 Å². The summed E-state index contributed by atoms with van der Waals surface area (Å²) in [5.41, 5.74) is 8.17. The van der Waals surface area contributed by atoms with Gasteiger partial charge in [0.05, 0.1) is 4.90 Å². The van der Waals surface area contributed by atoms with Crippen LogP contribution in [0.15, 0.2) is 35.6 Å². The van der Waals surface area contributed by atoms with Crippen LogP contribution >= 0.6 is 0 Å². The molecule has 0 aromatic carbocycles. The molecule has 0 atom stereocenters. The Labute approximate surface area is 118 Å². The lowest BCUT2D eigenvalue weighted by Gasteiger charge is -2.07. The Bertz CT molecular complexity index is 707. The SMILES string of the molecule is Cc1ccncc1CNS(=O)(=O)c1cc(CN)n(C)c1. The standard InChI is InChI=1S/C13H18N4O2S/c1-10-3-4-15-7-11(10)8-16-20(18,19)13-5-12(6-14)17(2)9-13/h3-5,7,9,16H,6,8,14H2,1-2H3. The summed E-state index contributed by atoms with van der Waals surface area (Å²) < 4.78 is 28.7. The highest BCUT2D eigenvalue weighted by atomic mass is 32.2. The summed E-state index contributed by atoms with van der Waals surface area (Å²) in [5, 5.41) is 0. The van der Waals surface area contributed by atoms with Crippen LogP contribution in [-0.4, -0.2) is 18.0 Å². The average molecular weight is 294 g/mol. The van der Waals surface area contributed by atoms with Crippen LogP contribution in [0.25, 0.3) is 0 Å². The van der Waals surface area contributed by atoms with Crippen molar-refractivity contribution in [2.45, 2.75) is 24.9 Å². The van der Waals surface area contributed by atoms with Gasteiger partial charge in [0.2, 0.25) is 10.0 Å². The monoisotopic (exact) mass is 294 g/mol. The van der Waals surface area contributed by atoms with E-state index in [0.29, 0.717) is 6.54 Å². The molecule has 20 heavy (non-hydrogen) atoms. The van der Waals surface area contributed by atoms with Crippen molar-refractivity contribution in [3.05, 3.63) is 47.5 Å². The molecule has 0 fully saturated rings. The van der Waals surface area contributed by atoms with E-state index in [9.17, 15) is 8.42 Å². The predicted octanol–water partition coefficient (Wildman–Crippen LogP) is 0.666. The molecular weight excluding hydrogens is 276 g/mol. The quantitative estimate of drug-likeness (QED) is 0.848. The van der Waals surface area contributed by atoms with Crippen LogP contribution in [0.2, 0.25) is 0 Å². The van der Waals surface area contributed by atoms with Gasteiger partial charge < -0.3 is 10.3 Å². The zero-order chi connectivity index (χ0) is 14.8. The van der Waals surface area contributed by atoms with E-state index < -0.39 is 10.0 Å². The van der Waals surface area contributed by atoms with Crippen molar-refractivity contribution < 1.29 is 8.42 Å². The number of sulfonamides is 1. The van der Waals surface area contributed by atoms with Crippen molar-refractivity contribution in [3.8, 4) is 0 Å². The molecule has 0 spiro atoms. The molecule has 0 saturated heterocycles. The fraction of sp³-hybridized carbons (Fsp3) is 0.308. The zero-order valence-electron chi connectivity index (χ0n) is 11.5. The second kappa shape index (κ2) is 5.74. The highest BCUT2D eigenvalue weighted by Crippen LogP contribution is 2.14. The lowest BCUT2D eigenvalue weighted by molar-refractivity contribution is 0.581. The Morgan fingerprint density at radius 2 is 2.20 bits per heavy atom. The number of nitrogens with zero attached hydrogens (tertiary/aromatic N) is 2. The number of nitrogens with one attached hydrogen (secondary N) is 1. The third-order valence-corrected chi connectivity index (χ3v) is 4.57. The van der Waals surface area contributed by atoms with Gasteiger partial charge in [-0.1, -0.05) is 0 Å². The molecule has 0 saturated carbocycles. The molecule has 6 nitrogen and oxygen atoms in total. The molecule has 2 rings (SSSR count). The first-order valence-corrected chi connectivity index (χ1v) is 7.67. The van der Waals surface area contributed by atoms with E-state index in [4.69, 9.17) is 5.73 Å². The maximum absolute atomic E-state index is 12.2. The summed E-state index contributed by atoms with van der Waals surface area (Å²) in [4.78, 5) is 4.22. The first kappa shape index (κ1) is 14.7. The summed E-state index contributed by atoms with van der Waals surface area (Å²) in [6, 6.07) is 3.43. The normalized spacial score (nSPS) is 11.8. The van der Waals surface area contributed by atoms with E-state index in [1.165, 1.54) is 0 Å². The van der Waals surface area contributed by atoms with Crippen LogP contribution < -0.4 is 10.5 Å². The highest BCUT2D eigenvalue weighted by Gasteiger charge is 2.17. The van der Waals surface area contributed by atoms with Gasteiger partial charge >= 0.3 is 0 Å². The third-order valence-electron chi connectivity index (χ3n) is 3.20. The van der Waals surface area contributed by atoms with Crippen LogP contribution in [0.4, 0.5) is 0 Å². The topological polar surface area (TPSA) is 90.0 Å². The van der Waals surface area contributed by atoms with Gasteiger partial charge in [0.1, 0.15) is 0 Å². The molecule has 0 aliphatic heterocycles. The van der Waals surface area contributed by atoms with Crippen molar-refractivity contribution in [1.29, 1.82) is 0 Å². The van der Waals surface area contributed by atoms with Gasteiger partial charge in [-0.25, -0.2) is 13.1 Å². The molecule has 7 heteroatoms. The molecule has 0 radical (unpaired) electrons. The minimum absolute atomic E-state index is 0.217. The molecule has 3 N–H and O–H groups in total. The predicted molar refractivity (Wildman–Crippen MR) is 76.3 cm³/mol. The summed E-state index contributed by atoms with van der Waals surface area (Å²) in [5.74, 6) is 0. The first-order chi connectivity index (χ1) is 9.44. The van der Waals surface area contributed by atoms with Crippen LogP contribution in [0.5, 0.6) is 0 Å². The summed E-state index contributed by atoms with van der Waals surface area (Å²) >= 11 is 0. The Kier molecular flexibility index (Phi) is 4.22. The molecule has 0 amide bonds. The van der Waals surface area contributed by atoms with E-state index in [0.717, 1.165) is 16.8 Å². The molecule has 2 heterocycles. The van der Waals surface area contributed by atoms with E-state index in [2.05, 4.69) is 9.71 Å². The molecule has 0 aliphatic rings. The highest BCUT2D eigenvalue weighted by molar-refractivity contribution is 7.89. The molecule has 0 bridgehead atoms. The van der Waals surface area contributed by atoms with Gasteiger partial charge in [-0.05, 0) is 30.2 Å². The van der Waals surface area contributed by atoms with Gasteiger partial charge in [-0.3, -0.25) is 4.98 Å². The Balaban J connectivity index is 2.17. The Hall–Kier alpha value is -1.70. The second-order valence-electron chi connectivity index (χ2n) is 4.61. The number of nitrogens with two attached hydrogens (primary N) is 1. The molecule has 2 aromatic rings. The van der Waals surface area contributed by atoms with Crippen molar-refractivity contribution in [3.63, 3.8) is 0 Å². The minimum Gasteiger partial charge on any atom is -0.352 e.